The fourth-order valence-corrected chi connectivity index (χ4v) is 2.06. The molecule has 0 unspecified atom stereocenters. The van der Waals surface area contributed by atoms with Gasteiger partial charge in [0.1, 0.15) is 11.2 Å². The molecule has 1 heterocycles. The summed E-state index contributed by atoms with van der Waals surface area (Å²) in [4.78, 5) is 14.1. The molecule has 0 saturated carbocycles. The van der Waals surface area contributed by atoms with Gasteiger partial charge in [0, 0.05) is 10.4 Å². The van der Waals surface area contributed by atoms with Gasteiger partial charge in [-0.2, -0.15) is 0 Å². The zero-order valence-corrected chi connectivity index (χ0v) is 9.71. The number of nitrogens with zero attached hydrogens (tertiary/aromatic N) is 2. The van der Waals surface area contributed by atoms with Gasteiger partial charge in [-0.1, -0.05) is 23.2 Å². The van der Waals surface area contributed by atoms with Crippen LogP contribution in [0, 0.1) is 17.0 Å². The number of nitro groups is 1. The first-order valence-electron chi connectivity index (χ1n) is 4.39. The van der Waals surface area contributed by atoms with E-state index in [0.29, 0.717) is 15.9 Å². The maximum atomic E-state index is 10.7. The van der Waals surface area contributed by atoms with Gasteiger partial charge >= 0.3 is 5.69 Å². The molecule has 82 valence electrons. The summed E-state index contributed by atoms with van der Waals surface area (Å²) < 4.78 is 0. The van der Waals surface area contributed by atoms with E-state index in [1.807, 2.05) is 6.92 Å². The van der Waals surface area contributed by atoms with Gasteiger partial charge in [0.2, 0.25) is 0 Å². The lowest BCUT2D eigenvalue weighted by Crippen LogP contribution is -1.93. The summed E-state index contributed by atoms with van der Waals surface area (Å²) in [6.07, 6.45) is 1.16. The van der Waals surface area contributed by atoms with Gasteiger partial charge in [-0.25, -0.2) is 4.98 Å². The van der Waals surface area contributed by atoms with Crippen molar-refractivity contribution >= 4 is 39.8 Å². The Balaban J connectivity index is 2.89. The molecule has 4 nitrogen and oxygen atoms in total. The van der Waals surface area contributed by atoms with Gasteiger partial charge in [0.15, 0.2) is 0 Å². The summed E-state index contributed by atoms with van der Waals surface area (Å²) >= 11 is 11.8. The fraction of sp³-hybridized carbons (Fsp3) is 0.100. The van der Waals surface area contributed by atoms with Crippen LogP contribution in [0.2, 0.25) is 10.0 Å². The standard InChI is InChI=1S/C10H6Cl2N2O2/c1-5-2-6(11)3-7-9(12)8(14(15)16)4-13-10(5)7/h2-4H,1H3. The number of aromatic nitrogens is 1. The van der Waals surface area contributed by atoms with Crippen LogP contribution in [-0.2, 0) is 0 Å². The van der Waals surface area contributed by atoms with Crippen molar-refractivity contribution in [2.24, 2.45) is 0 Å². The summed E-state index contributed by atoms with van der Waals surface area (Å²) in [7, 11) is 0. The molecule has 0 N–H and O–H groups in total. The highest BCUT2D eigenvalue weighted by atomic mass is 35.5. The highest BCUT2D eigenvalue weighted by molar-refractivity contribution is 6.38. The molecule has 0 amide bonds. The molecule has 2 rings (SSSR count). The van der Waals surface area contributed by atoms with Gasteiger partial charge in [0.25, 0.3) is 0 Å². The lowest BCUT2D eigenvalue weighted by molar-refractivity contribution is -0.384. The van der Waals surface area contributed by atoms with Crippen molar-refractivity contribution in [1.82, 2.24) is 4.98 Å². The molecule has 0 aliphatic heterocycles. The molecule has 0 radical (unpaired) electrons. The monoisotopic (exact) mass is 256 g/mol. The Labute approximate surface area is 101 Å². The van der Waals surface area contributed by atoms with Gasteiger partial charge in [-0.05, 0) is 24.6 Å². The summed E-state index contributed by atoms with van der Waals surface area (Å²) in [5, 5.41) is 11.7. The largest absolute Gasteiger partial charge is 0.306 e. The number of rotatable bonds is 1. The minimum absolute atomic E-state index is 0.0700. The molecule has 0 bridgehead atoms. The van der Waals surface area contributed by atoms with Crippen molar-refractivity contribution in [3.05, 3.63) is 44.1 Å². The van der Waals surface area contributed by atoms with Crippen molar-refractivity contribution in [3.63, 3.8) is 0 Å². The maximum Gasteiger partial charge on any atom is 0.306 e. The Bertz CT molecular complexity index is 599. The third-order valence-corrected chi connectivity index (χ3v) is 2.85. The van der Waals surface area contributed by atoms with E-state index in [4.69, 9.17) is 23.2 Å². The molecular formula is C10H6Cl2N2O2. The van der Waals surface area contributed by atoms with E-state index in [-0.39, 0.29) is 10.7 Å². The average molecular weight is 257 g/mol. The SMILES string of the molecule is Cc1cc(Cl)cc2c(Cl)c([N+](=O)[O-])cnc12. The lowest BCUT2D eigenvalue weighted by atomic mass is 10.1. The van der Waals surface area contributed by atoms with Crippen molar-refractivity contribution in [2.45, 2.75) is 6.92 Å². The molecule has 0 atom stereocenters. The van der Waals surface area contributed by atoms with E-state index in [9.17, 15) is 10.1 Å². The Morgan fingerprint density at radius 2 is 2.06 bits per heavy atom. The molecule has 0 spiro atoms. The van der Waals surface area contributed by atoms with Crippen molar-refractivity contribution < 1.29 is 4.92 Å². The highest BCUT2D eigenvalue weighted by Gasteiger charge is 2.17. The topological polar surface area (TPSA) is 56.0 Å². The van der Waals surface area contributed by atoms with E-state index in [1.165, 1.54) is 0 Å². The zero-order valence-electron chi connectivity index (χ0n) is 8.20. The van der Waals surface area contributed by atoms with Crippen molar-refractivity contribution in [2.75, 3.05) is 0 Å². The Morgan fingerprint density at radius 3 is 2.69 bits per heavy atom. The number of benzene rings is 1. The first-order valence-corrected chi connectivity index (χ1v) is 5.15. The van der Waals surface area contributed by atoms with Crippen molar-refractivity contribution in [1.29, 1.82) is 0 Å². The number of fused-ring (bicyclic) bond motifs is 1. The molecule has 0 fully saturated rings. The van der Waals surface area contributed by atoms with E-state index >= 15 is 0 Å². The molecule has 6 heteroatoms. The smallest absolute Gasteiger partial charge is 0.258 e. The van der Waals surface area contributed by atoms with Gasteiger partial charge in [-0.3, -0.25) is 10.1 Å². The second-order valence-electron chi connectivity index (χ2n) is 3.33. The number of pyridine rings is 1. The van der Waals surface area contributed by atoms with Crippen LogP contribution in [0.15, 0.2) is 18.3 Å². The van der Waals surface area contributed by atoms with Crippen LogP contribution in [0.3, 0.4) is 0 Å². The molecular weight excluding hydrogens is 251 g/mol. The summed E-state index contributed by atoms with van der Waals surface area (Å²) in [6.45, 7) is 1.82. The third kappa shape index (κ3) is 1.70. The Kier molecular flexibility index (Phi) is 2.69. The zero-order chi connectivity index (χ0) is 11.9. The second kappa shape index (κ2) is 3.88. The summed E-state index contributed by atoms with van der Waals surface area (Å²) in [6, 6.07) is 3.31. The van der Waals surface area contributed by atoms with E-state index in [0.717, 1.165) is 11.8 Å². The number of aryl methyl sites for hydroxylation is 1. The quantitative estimate of drug-likeness (QED) is 0.577. The van der Waals surface area contributed by atoms with Crippen LogP contribution in [0.25, 0.3) is 10.9 Å². The number of halogens is 2. The van der Waals surface area contributed by atoms with E-state index in [1.54, 1.807) is 12.1 Å². The molecule has 0 aliphatic rings. The Hall–Kier alpha value is -1.39. The summed E-state index contributed by atoms with van der Waals surface area (Å²) in [5.41, 5.74) is 1.25. The van der Waals surface area contributed by atoms with E-state index < -0.39 is 4.92 Å². The molecule has 0 saturated heterocycles. The van der Waals surface area contributed by atoms with Crippen LogP contribution >= 0.6 is 23.2 Å². The number of hydrogen-bond donors (Lipinski definition) is 0. The second-order valence-corrected chi connectivity index (χ2v) is 4.15. The third-order valence-electron chi connectivity index (χ3n) is 2.24. The van der Waals surface area contributed by atoms with Crippen molar-refractivity contribution in [3.8, 4) is 0 Å². The van der Waals surface area contributed by atoms with Crippen LogP contribution in [0.5, 0.6) is 0 Å². The van der Waals surface area contributed by atoms with Gasteiger partial charge < -0.3 is 0 Å². The predicted octanol–water partition coefficient (Wildman–Crippen LogP) is 3.76. The maximum absolute atomic E-state index is 10.7. The van der Waals surface area contributed by atoms with E-state index in [2.05, 4.69) is 4.98 Å². The van der Waals surface area contributed by atoms with Crippen LogP contribution in [0.4, 0.5) is 5.69 Å². The minimum Gasteiger partial charge on any atom is -0.258 e. The first-order chi connectivity index (χ1) is 7.50. The average Bonchev–Trinajstić information content (AvgIpc) is 2.19. The van der Waals surface area contributed by atoms with Gasteiger partial charge in [-0.15, -0.1) is 0 Å². The predicted molar refractivity (Wildman–Crippen MR) is 63.2 cm³/mol. The first kappa shape index (κ1) is 11.1. The van der Waals surface area contributed by atoms with Gasteiger partial charge in [0.05, 0.1) is 10.4 Å². The molecule has 2 aromatic rings. The van der Waals surface area contributed by atoms with Crippen LogP contribution < -0.4 is 0 Å². The highest BCUT2D eigenvalue weighted by Crippen LogP contribution is 2.33. The molecule has 0 aliphatic carbocycles. The normalized spacial score (nSPS) is 10.7. The number of hydrogen-bond acceptors (Lipinski definition) is 3. The molecule has 1 aromatic heterocycles. The lowest BCUT2D eigenvalue weighted by Gasteiger charge is -2.04. The summed E-state index contributed by atoms with van der Waals surface area (Å²) in [5.74, 6) is 0. The fourth-order valence-electron chi connectivity index (χ4n) is 1.52. The Morgan fingerprint density at radius 1 is 1.38 bits per heavy atom. The molecule has 16 heavy (non-hydrogen) atoms. The van der Waals surface area contributed by atoms with Crippen LogP contribution in [0.1, 0.15) is 5.56 Å². The minimum atomic E-state index is -0.564. The molecule has 1 aromatic carbocycles. The van der Waals surface area contributed by atoms with Crippen LogP contribution in [-0.4, -0.2) is 9.91 Å².